The van der Waals surface area contributed by atoms with Gasteiger partial charge in [0.15, 0.2) is 0 Å². The van der Waals surface area contributed by atoms with Crippen LogP contribution in [0.1, 0.15) is 85.0 Å². The van der Waals surface area contributed by atoms with Crippen molar-refractivity contribution in [1.29, 1.82) is 0 Å². The van der Waals surface area contributed by atoms with Crippen LogP contribution in [0, 0.1) is 0 Å². The molecule has 0 radical (unpaired) electrons. The summed E-state index contributed by atoms with van der Waals surface area (Å²) < 4.78 is 5.47. The lowest BCUT2D eigenvalue weighted by Gasteiger charge is -2.17. The number of unbranched alkanes of at least 4 members (excludes halogenated alkanes) is 5. The second-order valence-electron chi connectivity index (χ2n) is 4.81. The number of ether oxygens (including phenoxy) is 1. The molecular formula is C15H30O2. The third-order valence-corrected chi connectivity index (χ3v) is 3.10. The van der Waals surface area contributed by atoms with Gasteiger partial charge in [-0.15, -0.1) is 0 Å². The third kappa shape index (κ3) is 10.3. The molecule has 0 bridgehead atoms. The molecule has 17 heavy (non-hydrogen) atoms. The molecule has 1 unspecified atom stereocenters. The van der Waals surface area contributed by atoms with Crippen molar-refractivity contribution in [3.63, 3.8) is 0 Å². The first-order chi connectivity index (χ1) is 8.24. The highest BCUT2D eigenvalue weighted by atomic mass is 16.5. The van der Waals surface area contributed by atoms with E-state index in [1.165, 1.54) is 38.5 Å². The van der Waals surface area contributed by atoms with Crippen LogP contribution in [0.3, 0.4) is 0 Å². The second-order valence-corrected chi connectivity index (χ2v) is 4.81. The molecule has 0 amide bonds. The number of hydrogen-bond acceptors (Lipinski definition) is 2. The van der Waals surface area contributed by atoms with Crippen molar-refractivity contribution < 1.29 is 9.53 Å². The molecule has 0 fully saturated rings. The molecule has 0 aromatic rings. The maximum atomic E-state index is 11.3. The number of hydrogen-bond donors (Lipinski definition) is 0. The molecule has 0 saturated carbocycles. The molecule has 0 aromatic heterocycles. The third-order valence-electron chi connectivity index (χ3n) is 3.10. The Kier molecular flexibility index (Phi) is 11.6. The summed E-state index contributed by atoms with van der Waals surface area (Å²) in [5, 5.41) is 0. The Morgan fingerprint density at radius 2 is 1.47 bits per heavy atom. The average molecular weight is 242 g/mol. The van der Waals surface area contributed by atoms with Gasteiger partial charge in [-0.25, -0.2) is 0 Å². The number of carbonyl (C=O) groups excluding carboxylic acids is 1. The fourth-order valence-corrected chi connectivity index (χ4v) is 1.94. The van der Waals surface area contributed by atoms with E-state index in [4.69, 9.17) is 4.74 Å². The first kappa shape index (κ1) is 16.5. The summed E-state index contributed by atoms with van der Waals surface area (Å²) in [5.41, 5.74) is 0. The summed E-state index contributed by atoms with van der Waals surface area (Å²) in [5.74, 6) is -0.0420. The van der Waals surface area contributed by atoms with Crippen LogP contribution in [0.2, 0.25) is 0 Å². The van der Waals surface area contributed by atoms with Gasteiger partial charge in [0.25, 0.3) is 0 Å². The van der Waals surface area contributed by atoms with Gasteiger partial charge >= 0.3 is 5.97 Å². The minimum atomic E-state index is -0.0420. The van der Waals surface area contributed by atoms with Gasteiger partial charge in [0.2, 0.25) is 0 Å². The van der Waals surface area contributed by atoms with E-state index < -0.39 is 0 Å². The Balaban J connectivity index is 3.72. The van der Waals surface area contributed by atoms with Gasteiger partial charge in [-0.05, 0) is 19.3 Å². The predicted octanol–water partition coefficient (Wildman–Crippen LogP) is 4.86. The molecule has 0 aliphatic rings. The Labute approximate surface area is 107 Å². The molecule has 0 N–H and O–H groups in total. The van der Waals surface area contributed by atoms with E-state index in [2.05, 4.69) is 13.8 Å². The summed E-state index contributed by atoms with van der Waals surface area (Å²) in [6.45, 7) is 6.27. The zero-order valence-electron chi connectivity index (χ0n) is 12.0. The van der Waals surface area contributed by atoms with Crippen LogP contribution in [0.4, 0.5) is 0 Å². The van der Waals surface area contributed by atoms with Crippen LogP contribution in [0.5, 0.6) is 0 Å². The summed E-state index contributed by atoms with van der Waals surface area (Å²) in [4.78, 5) is 11.3. The van der Waals surface area contributed by atoms with Gasteiger partial charge in [0.1, 0.15) is 6.10 Å². The van der Waals surface area contributed by atoms with Crippen LogP contribution < -0.4 is 0 Å². The van der Waals surface area contributed by atoms with Gasteiger partial charge in [-0.3, -0.25) is 4.79 Å². The molecule has 0 aliphatic carbocycles. The smallest absolute Gasteiger partial charge is 0.305 e. The summed E-state index contributed by atoms with van der Waals surface area (Å²) in [6.07, 6.45) is 11.5. The van der Waals surface area contributed by atoms with E-state index >= 15 is 0 Å². The molecule has 102 valence electrons. The quantitative estimate of drug-likeness (QED) is 0.382. The zero-order valence-corrected chi connectivity index (χ0v) is 12.0. The first-order valence-corrected chi connectivity index (χ1v) is 7.44. The standard InChI is InChI=1S/C15H30O2/c1-4-7-9-10-11-13-14(12-8-5-2)17-15(16)6-3/h14H,4-13H2,1-3H3. The highest BCUT2D eigenvalue weighted by Crippen LogP contribution is 2.15. The molecule has 2 nitrogen and oxygen atoms in total. The highest BCUT2D eigenvalue weighted by Gasteiger charge is 2.12. The Morgan fingerprint density at radius 3 is 2.06 bits per heavy atom. The highest BCUT2D eigenvalue weighted by molar-refractivity contribution is 5.69. The maximum Gasteiger partial charge on any atom is 0.305 e. The normalized spacial score (nSPS) is 12.4. The van der Waals surface area contributed by atoms with E-state index in [0.717, 1.165) is 19.3 Å². The fourth-order valence-electron chi connectivity index (χ4n) is 1.94. The van der Waals surface area contributed by atoms with Crippen molar-refractivity contribution in [2.24, 2.45) is 0 Å². The fraction of sp³-hybridized carbons (Fsp3) is 0.933. The van der Waals surface area contributed by atoms with Crippen molar-refractivity contribution >= 4 is 5.97 Å². The van der Waals surface area contributed by atoms with Gasteiger partial charge < -0.3 is 4.74 Å². The van der Waals surface area contributed by atoms with E-state index in [1.54, 1.807) is 0 Å². The molecule has 0 aromatic carbocycles. The maximum absolute atomic E-state index is 11.3. The Hall–Kier alpha value is -0.530. The van der Waals surface area contributed by atoms with E-state index in [9.17, 15) is 4.79 Å². The van der Waals surface area contributed by atoms with Crippen molar-refractivity contribution in [1.82, 2.24) is 0 Å². The molecule has 2 heteroatoms. The lowest BCUT2D eigenvalue weighted by atomic mass is 10.0. The number of esters is 1. The first-order valence-electron chi connectivity index (χ1n) is 7.44. The van der Waals surface area contributed by atoms with Gasteiger partial charge in [-0.1, -0.05) is 59.3 Å². The molecule has 0 spiro atoms. The summed E-state index contributed by atoms with van der Waals surface area (Å²) >= 11 is 0. The Morgan fingerprint density at radius 1 is 0.882 bits per heavy atom. The van der Waals surface area contributed by atoms with Crippen molar-refractivity contribution in [3.05, 3.63) is 0 Å². The summed E-state index contributed by atoms with van der Waals surface area (Å²) in [6, 6.07) is 0. The van der Waals surface area contributed by atoms with Crippen LogP contribution in [-0.2, 0) is 9.53 Å². The number of rotatable bonds is 11. The summed E-state index contributed by atoms with van der Waals surface area (Å²) in [7, 11) is 0. The lowest BCUT2D eigenvalue weighted by molar-refractivity contribution is -0.149. The number of carbonyl (C=O) groups is 1. The Bertz CT molecular complexity index is 178. The van der Waals surface area contributed by atoms with Crippen LogP contribution >= 0.6 is 0 Å². The molecule has 0 rings (SSSR count). The van der Waals surface area contributed by atoms with Crippen LogP contribution in [0.25, 0.3) is 0 Å². The van der Waals surface area contributed by atoms with E-state index in [-0.39, 0.29) is 12.1 Å². The van der Waals surface area contributed by atoms with Gasteiger partial charge in [-0.2, -0.15) is 0 Å². The van der Waals surface area contributed by atoms with E-state index in [1.807, 2.05) is 6.92 Å². The molecule has 0 aliphatic heterocycles. The lowest BCUT2D eigenvalue weighted by Crippen LogP contribution is -2.17. The topological polar surface area (TPSA) is 26.3 Å². The molecular weight excluding hydrogens is 212 g/mol. The minimum Gasteiger partial charge on any atom is -0.462 e. The monoisotopic (exact) mass is 242 g/mol. The minimum absolute atomic E-state index is 0.0420. The second kappa shape index (κ2) is 11.9. The predicted molar refractivity (Wildman–Crippen MR) is 73.1 cm³/mol. The van der Waals surface area contributed by atoms with Crippen LogP contribution in [0.15, 0.2) is 0 Å². The largest absolute Gasteiger partial charge is 0.462 e. The van der Waals surface area contributed by atoms with E-state index in [0.29, 0.717) is 6.42 Å². The van der Waals surface area contributed by atoms with Crippen molar-refractivity contribution in [2.75, 3.05) is 0 Å². The van der Waals surface area contributed by atoms with Gasteiger partial charge in [0.05, 0.1) is 0 Å². The van der Waals surface area contributed by atoms with Crippen molar-refractivity contribution in [3.8, 4) is 0 Å². The average Bonchev–Trinajstić information content (AvgIpc) is 2.35. The molecule has 0 heterocycles. The SMILES string of the molecule is CCCCCCCC(CCCC)OC(=O)CC. The van der Waals surface area contributed by atoms with Crippen molar-refractivity contribution in [2.45, 2.75) is 91.1 Å². The van der Waals surface area contributed by atoms with Crippen LogP contribution in [-0.4, -0.2) is 12.1 Å². The molecule has 1 atom stereocenters. The molecule has 0 saturated heterocycles. The van der Waals surface area contributed by atoms with Gasteiger partial charge in [0, 0.05) is 6.42 Å². The zero-order chi connectivity index (χ0) is 12.9.